The summed E-state index contributed by atoms with van der Waals surface area (Å²) in [5, 5.41) is 0. The Hall–Kier alpha value is -0.810. The van der Waals surface area contributed by atoms with E-state index in [1.54, 1.807) is 0 Å². The molecule has 2 rings (SSSR count). The Labute approximate surface area is 159 Å². The lowest BCUT2D eigenvalue weighted by molar-refractivity contribution is -0.363. The summed E-state index contributed by atoms with van der Waals surface area (Å²) in [7, 11) is 0. The van der Waals surface area contributed by atoms with E-state index < -0.39 is 6.16 Å². The fraction of sp³-hybridized carbons (Fsp3) is 0.952. The standard InChI is InChI=1S/C21H38O5/c1-13(2)17-9-7-15(5)11-19(17)23-25-21(22)26-24-20-12-16(6)8-10-18(20)14(3)4/h13-20H,7-12H2,1-6H3/t15-,16-,17+,18+,19-,20-/m1/s1. The molecule has 26 heavy (non-hydrogen) atoms. The van der Waals surface area contributed by atoms with E-state index in [4.69, 9.17) is 19.6 Å². The summed E-state index contributed by atoms with van der Waals surface area (Å²) >= 11 is 0. The molecule has 0 N–H and O–H groups in total. The molecule has 0 radical (unpaired) electrons. The molecule has 2 fully saturated rings. The molecule has 0 aromatic carbocycles. The van der Waals surface area contributed by atoms with E-state index in [0.29, 0.717) is 35.5 Å². The second-order valence-corrected chi connectivity index (χ2v) is 9.34. The van der Waals surface area contributed by atoms with Gasteiger partial charge in [0.25, 0.3) is 0 Å². The molecule has 2 saturated carbocycles. The van der Waals surface area contributed by atoms with E-state index in [-0.39, 0.29) is 12.2 Å². The van der Waals surface area contributed by atoms with Crippen molar-refractivity contribution in [3.8, 4) is 0 Å². The highest BCUT2D eigenvalue weighted by molar-refractivity contribution is 5.58. The maximum absolute atomic E-state index is 12.0. The van der Waals surface area contributed by atoms with Gasteiger partial charge < -0.3 is 0 Å². The summed E-state index contributed by atoms with van der Waals surface area (Å²) in [5.41, 5.74) is 0. The Balaban J connectivity index is 1.78. The summed E-state index contributed by atoms with van der Waals surface area (Å²) in [6.07, 6.45) is 5.40. The van der Waals surface area contributed by atoms with Gasteiger partial charge in [-0.1, -0.05) is 54.4 Å². The molecule has 0 aromatic rings. The van der Waals surface area contributed by atoms with Crippen LogP contribution in [0.3, 0.4) is 0 Å². The molecule has 5 nitrogen and oxygen atoms in total. The molecule has 6 atom stereocenters. The molecule has 152 valence electrons. The lowest BCUT2D eigenvalue weighted by Crippen LogP contribution is -2.36. The van der Waals surface area contributed by atoms with Gasteiger partial charge in [-0.25, -0.2) is 0 Å². The van der Waals surface area contributed by atoms with Gasteiger partial charge in [-0.2, -0.15) is 14.6 Å². The maximum atomic E-state index is 12.0. The van der Waals surface area contributed by atoms with E-state index in [2.05, 4.69) is 41.5 Å². The molecular formula is C21H38O5. The molecule has 0 amide bonds. The minimum absolute atomic E-state index is 0.0654. The van der Waals surface area contributed by atoms with Crippen LogP contribution in [0.25, 0.3) is 0 Å². The zero-order valence-corrected chi connectivity index (χ0v) is 17.4. The van der Waals surface area contributed by atoms with Gasteiger partial charge in [0.2, 0.25) is 0 Å². The SMILES string of the molecule is CC(C)[C@@H]1CC[C@@H](C)C[C@H]1OOC(=O)OO[C@@H]1C[C@H](C)CC[C@H]1C(C)C. The third kappa shape index (κ3) is 6.12. The van der Waals surface area contributed by atoms with E-state index >= 15 is 0 Å². The van der Waals surface area contributed by atoms with Gasteiger partial charge in [0, 0.05) is 0 Å². The molecule has 2 aliphatic carbocycles. The van der Waals surface area contributed by atoms with Gasteiger partial charge in [-0.05, 0) is 61.2 Å². The smallest absolute Gasteiger partial charge is 0.257 e. The van der Waals surface area contributed by atoms with Crippen LogP contribution in [0.2, 0.25) is 0 Å². The van der Waals surface area contributed by atoms with Gasteiger partial charge in [-0.3, -0.25) is 9.78 Å². The topological polar surface area (TPSA) is 54.0 Å². The summed E-state index contributed by atoms with van der Waals surface area (Å²) in [6.45, 7) is 13.2. The Morgan fingerprint density at radius 2 is 1.12 bits per heavy atom. The van der Waals surface area contributed by atoms with Gasteiger partial charge in [0.15, 0.2) is 0 Å². The van der Waals surface area contributed by atoms with E-state index in [1.807, 2.05) is 0 Å². The Morgan fingerprint density at radius 3 is 1.46 bits per heavy atom. The van der Waals surface area contributed by atoms with Crippen molar-refractivity contribution < 1.29 is 24.3 Å². The largest absolute Gasteiger partial charge is 0.573 e. The van der Waals surface area contributed by atoms with Crippen LogP contribution in [0.1, 0.15) is 80.1 Å². The van der Waals surface area contributed by atoms with Crippen molar-refractivity contribution in [1.29, 1.82) is 0 Å². The summed E-state index contributed by atoms with van der Waals surface area (Å²) in [4.78, 5) is 32.8. The lowest BCUT2D eigenvalue weighted by Gasteiger charge is -2.36. The summed E-state index contributed by atoms with van der Waals surface area (Å²) < 4.78 is 0. The van der Waals surface area contributed by atoms with Crippen LogP contribution in [0.5, 0.6) is 0 Å². The average molecular weight is 371 g/mol. The molecule has 0 saturated heterocycles. The zero-order chi connectivity index (χ0) is 19.3. The van der Waals surface area contributed by atoms with Crippen LogP contribution < -0.4 is 0 Å². The van der Waals surface area contributed by atoms with Crippen LogP contribution >= 0.6 is 0 Å². The number of carbonyl (C=O) groups excluding carboxylic acids is 1. The summed E-state index contributed by atoms with van der Waals surface area (Å²) in [6, 6.07) is 0. The van der Waals surface area contributed by atoms with E-state index in [9.17, 15) is 4.79 Å². The second kappa shape index (κ2) is 9.93. The highest BCUT2D eigenvalue weighted by Crippen LogP contribution is 2.36. The number of rotatable bonds is 6. The predicted octanol–water partition coefficient (Wildman–Crippen LogP) is 5.92. The second-order valence-electron chi connectivity index (χ2n) is 9.34. The maximum Gasteiger partial charge on any atom is 0.573 e. The van der Waals surface area contributed by atoms with Crippen molar-refractivity contribution in [2.45, 2.75) is 92.3 Å². The minimum atomic E-state index is -0.897. The third-order valence-electron chi connectivity index (χ3n) is 6.40. The van der Waals surface area contributed by atoms with Crippen LogP contribution in [0, 0.1) is 35.5 Å². The number of hydrogen-bond acceptors (Lipinski definition) is 5. The van der Waals surface area contributed by atoms with Crippen molar-refractivity contribution in [2.24, 2.45) is 35.5 Å². The van der Waals surface area contributed by atoms with Gasteiger partial charge in [-0.15, -0.1) is 0 Å². The van der Waals surface area contributed by atoms with Gasteiger partial charge in [0.1, 0.15) is 12.2 Å². The number of carbonyl (C=O) groups is 1. The van der Waals surface area contributed by atoms with Crippen LogP contribution in [-0.4, -0.2) is 18.4 Å². The molecule has 5 heteroatoms. The quantitative estimate of drug-likeness (QED) is 0.429. The van der Waals surface area contributed by atoms with Crippen molar-refractivity contribution in [3.05, 3.63) is 0 Å². The molecular weight excluding hydrogens is 332 g/mol. The van der Waals surface area contributed by atoms with Crippen molar-refractivity contribution in [1.82, 2.24) is 0 Å². The summed E-state index contributed by atoms with van der Waals surface area (Å²) in [5.74, 6) is 2.98. The highest BCUT2D eigenvalue weighted by atomic mass is 17.3. The fourth-order valence-corrected chi connectivity index (χ4v) is 4.67. The first-order valence-electron chi connectivity index (χ1n) is 10.5. The molecule has 0 unspecified atom stereocenters. The average Bonchev–Trinajstić information content (AvgIpc) is 2.57. The first kappa shape index (κ1) is 21.5. The van der Waals surface area contributed by atoms with Gasteiger partial charge >= 0.3 is 6.16 Å². The molecule has 0 bridgehead atoms. The first-order valence-corrected chi connectivity index (χ1v) is 10.5. The lowest BCUT2D eigenvalue weighted by atomic mass is 9.75. The number of hydrogen-bond donors (Lipinski definition) is 0. The van der Waals surface area contributed by atoms with Crippen molar-refractivity contribution in [2.75, 3.05) is 0 Å². The van der Waals surface area contributed by atoms with Crippen LogP contribution in [0.15, 0.2) is 0 Å². The van der Waals surface area contributed by atoms with Crippen LogP contribution in [0.4, 0.5) is 4.79 Å². The Bertz CT molecular complexity index is 398. The molecule has 0 aliphatic heterocycles. The molecule has 0 aromatic heterocycles. The molecule has 0 heterocycles. The van der Waals surface area contributed by atoms with Crippen molar-refractivity contribution in [3.63, 3.8) is 0 Å². The predicted molar refractivity (Wildman–Crippen MR) is 100.0 cm³/mol. The first-order chi connectivity index (χ1) is 12.3. The van der Waals surface area contributed by atoms with Gasteiger partial charge in [0.05, 0.1) is 0 Å². The van der Waals surface area contributed by atoms with E-state index in [0.717, 1.165) is 25.7 Å². The van der Waals surface area contributed by atoms with Crippen LogP contribution in [-0.2, 0) is 19.6 Å². The Kier molecular flexibility index (Phi) is 8.21. The highest BCUT2D eigenvalue weighted by Gasteiger charge is 2.35. The normalized spacial score (nSPS) is 35.5. The fourth-order valence-electron chi connectivity index (χ4n) is 4.67. The minimum Gasteiger partial charge on any atom is -0.257 e. The van der Waals surface area contributed by atoms with E-state index in [1.165, 1.54) is 12.8 Å². The zero-order valence-electron chi connectivity index (χ0n) is 17.4. The molecule has 0 spiro atoms. The van der Waals surface area contributed by atoms with Crippen molar-refractivity contribution >= 4 is 6.16 Å². The third-order valence-corrected chi connectivity index (χ3v) is 6.40. The Morgan fingerprint density at radius 1 is 0.731 bits per heavy atom. The molecule has 2 aliphatic rings. The monoisotopic (exact) mass is 370 g/mol.